The van der Waals surface area contributed by atoms with Gasteiger partial charge in [-0.1, -0.05) is 23.7 Å². The summed E-state index contributed by atoms with van der Waals surface area (Å²) in [6.07, 6.45) is 0. The van der Waals surface area contributed by atoms with Crippen molar-refractivity contribution in [3.05, 3.63) is 46.6 Å². The third-order valence-electron chi connectivity index (χ3n) is 2.63. The minimum atomic E-state index is 0.223. The van der Waals surface area contributed by atoms with Crippen LogP contribution in [0.4, 0.5) is 0 Å². The molecule has 0 radical (unpaired) electrons. The van der Waals surface area contributed by atoms with Gasteiger partial charge in [-0.25, -0.2) is 4.98 Å². The molecule has 0 spiro atoms. The zero-order chi connectivity index (χ0) is 13.1. The fourth-order valence-electron chi connectivity index (χ4n) is 1.73. The highest BCUT2D eigenvalue weighted by molar-refractivity contribution is 6.30. The van der Waals surface area contributed by atoms with Gasteiger partial charge in [0, 0.05) is 5.56 Å². The number of benzene rings is 1. The van der Waals surface area contributed by atoms with Crippen LogP contribution in [-0.4, -0.2) is 12.1 Å². The van der Waals surface area contributed by atoms with Crippen LogP contribution in [0.5, 0.6) is 5.75 Å². The molecule has 1 heterocycles. The Bertz CT molecular complexity index is 632. The first-order valence-electron chi connectivity index (χ1n) is 5.37. The number of halogens is 1. The van der Waals surface area contributed by atoms with E-state index < -0.39 is 0 Å². The lowest BCUT2D eigenvalue weighted by Gasteiger charge is -2.08. The summed E-state index contributed by atoms with van der Waals surface area (Å²) in [4.78, 5) is 4.28. The maximum Gasteiger partial charge on any atom is 0.147 e. The molecule has 0 fully saturated rings. The highest BCUT2D eigenvalue weighted by atomic mass is 35.5. The Morgan fingerprint density at radius 3 is 2.78 bits per heavy atom. The van der Waals surface area contributed by atoms with Crippen LogP contribution in [0.15, 0.2) is 30.3 Å². The first kappa shape index (κ1) is 12.4. The van der Waals surface area contributed by atoms with Crippen molar-refractivity contribution in [1.29, 1.82) is 5.26 Å². The maximum absolute atomic E-state index is 8.89. The molecule has 90 valence electrons. The molecule has 0 saturated carbocycles. The smallest absolute Gasteiger partial charge is 0.147 e. The number of pyridine rings is 1. The van der Waals surface area contributed by atoms with Gasteiger partial charge in [-0.3, -0.25) is 0 Å². The number of rotatable bonds is 2. The highest BCUT2D eigenvalue weighted by Gasteiger charge is 2.09. The third-order valence-corrected chi connectivity index (χ3v) is 2.92. The van der Waals surface area contributed by atoms with Gasteiger partial charge in [0.15, 0.2) is 0 Å². The van der Waals surface area contributed by atoms with Crippen LogP contribution in [0, 0.1) is 18.3 Å². The highest BCUT2D eigenvalue weighted by Crippen LogP contribution is 2.27. The van der Waals surface area contributed by atoms with E-state index in [0.29, 0.717) is 5.56 Å². The van der Waals surface area contributed by atoms with Crippen LogP contribution >= 0.6 is 11.6 Å². The molecule has 1 aromatic heterocycles. The minimum absolute atomic E-state index is 0.223. The molecule has 0 aliphatic heterocycles. The Hall–Kier alpha value is -2.05. The van der Waals surface area contributed by atoms with E-state index in [1.54, 1.807) is 13.2 Å². The number of aryl methyl sites for hydroxylation is 1. The van der Waals surface area contributed by atoms with Crippen molar-refractivity contribution in [2.75, 3.05) is 7.11 Å². The summed E-state index contributed by atoms with van der Waals surface area (Å²) in [5.41, 5.74) is 2.97. The molecule has 4 heteroatoms. The van der Waals surface area contributed by atoms with Gasteiger partial charge in [0.2, 0.25) is 0 Å². The molecule has 0 atom stereocenters. The summed E-state index contributed by atoms with van der Waals surface area (Å²) in [5.74, 6) is 0.759. The topological polar surface area (TPSA) is 45.9 Å². The van der Waals surface area contributed by atoms with Crippen molar-refractivity contribution in [2.24, 2.45) is 0 Å². The van der Waals surface area contributed by atoms with Gasteiger partial charge in [-0.15, -0.1) is 0 Å². The molecule has 2 rings (SSSR count). The lowest BCUT2D eigenvalue weighted by Crippen LogP contribution is -1.93. The Morgan fingerprint density at radius 2 is 2.11 bits per heavy atom. The van der Waals surface area contributed by atoms with Gasteiger partial charge in [0.05, 0.1) is 18.4 Å². The van der Waals surface area contributed by atoms with E-state index >= 15 is 0 Å². The third kappa shape index (κ3) is 2.29. The molecule has 0 unspecified atom stereocenters. The van der Waals surface area contributed by atoms with Crippen molar-refractivity contribution >= 4 is 11.6 Å². The fraction of sp³-hybridized carbons (Fsp3) is 0.143. The van der Waals surface area contributed by atoms with Gasteiger partial charge in [-0.2, -0.15) is 5.26 Å². The Kier molecular flexibility index (Phi) is 3.50. The van der Waals surface area contributed by atoms with E-state index in [0.717, 1.165) is 22.6 Å². The van der Waals surface area contributed by atoms with Gasteiger partial charge >= 0.3 is 0 Å². The Balaban J connectivity index is 2.57. The monoisotopic (exact) mass is 258 g/mol. The Morgan fingerprint density at radius 1 is 1.33 bits per heavy atom. The summed E-state index contributed by atoms with van der Waals surface area (Å²) in [6, 6.07) is 11.3. The number of nitriles is 1. The second kappa shape index (κ2) is 5.07. The fourth-order valence-corrected chi connectivity index (χ4v) is 1.91. The number of aromatic nitrogens is 1. The van der Waals surface area contributed by atoms with E-state index in [4.69, 9.17) is 21.6 Å². The van der Waals surface area contributed by atoms with Crippen LogP contribution in [0.2, 0.25) is 5.15 Å². The predicted octanol–water partition coefficient (Wildman–Crippen LogP) is 3.59. The lowest BCUT2D eigenvalue weighted by molar-refractivity contribution is 0.415. The second-order valence-electron chi connectivity index (χ2n) is 3.84. The average molecular weight is 259 g/mol. The van der Waals surface area contributed by atoms with Gasteiger partial charge < -0.3 is 4.74 Å². The minimum Gasteiger partial charge on any atom is -0.497 e. The van der Waals surface area contributed by atoms with Crippen LogP contribution in [0.1, 0.15) is 11.1 Å². The first-order chi connectivity index (χ1) is 8.65. The summed E-state index contributed by atoms with van der Waals surface area (Å²) in [5, 5.41) is 9.12. The molecule has 0 amide bonds. The van der Waals surface area contributed by atoms with Crippen molar-refractivity contribution < 1.29 is 4.74 Å². The van der Waals surface area contributed by atoms with E-state index in [1.807, 2.05) is 37.3 Å². The van der Waals surface area contributed by atoms with Crippen molar-refractivity contribution in [3.63, 3.8) is 0 Å². The molecule has 0 aliphatic carbocycles. The molecular formula is C14H11ClN2O. The number of ether oxygens (including phenoxy) is 1. The number of hydrogen-bond acceptors (Lipinski definition) is 3. The molecule has 0 saturated heterocycles. The lowest BCUT2D eigenvalue weighted by atomic mass is 10.1. The normalized spacial score (nSPS) is 9.89. The largest absolute Gasteiger partial charge is 0.497 e. The van der Waals surface area contributed by atoms with Gasteiger partial charge in [0.25, 0.3) is 0 Å². The van der Waals surface area contributed by atoms with Crippen molar-refractivity contribution in [3.8, 4) is 23.1 Å². The zero-order valence-corrected chi connectivity index (χ0v) is 10.8. The van der Waals surface area contributed by atoms with E-state index in [1.165, 1.54) is 0 Å². The van der Waals surface area contributed by atoms with Crippen molar-refractivity contribution in [2.45, 2.75) is 6.92 Å². The SMILES string of the molecule is COc1cccc(-c2nc(Cl)c(C#N)cc2C)c1. The van der Waals surface area contributed by atoms with Crippen LogP contribution in [-0.2, 0) is 0 Å². The summed E-state index contributed by atoms with van der Waals surface area (Å²) in [7, 11) is 1.62. The standard InChI is InChI=1S/C14H11ClN2O/c1-9-6-11(8-16)14(15)17-13(9)10-4-3-5-12(7-10)18-2/h3-7H,1-2H3. The predicted molar refractivity (Wildman–Crippen MR) is 70.7 cm³/mol. The van der Waals surface area contributed by atoms with Gasteiger partial charge in [-0.05, 0) is 30.7 Å². The van der Waals surface area contributed by atoms with Crippen molar-refractivity contribution in [1.82, 2.24) is 4.98 Å². The number of methoxy groups -OCH3 is 1. The number of hydrogen-bond donors (Lipinski definition) is 0. The molecule has 1 aromatic carbocycles. The van der Waals surface area contributed by atoms with E-state index in [2.05, 4.69) is 4.98 Å². The summed E-state index contributed by atoms with van der Waals surface area (Å²) < 4.78 is 5.18. The molecule has 18 heavy (non-hydrogen) atoms. The molecule has 0 bridgehead atoms. The second-order valence-corrected chi connectivity index (χ2v) is 4.19. The molecule has 0 aliphatic rings. The molecule has 2 aromatic rings. The Labute approximate surface area is 111 Å². The van der Waals surface area contributed by atoms with E-state index in [9.17, 15) is 0 Å². The van der Waals surface area contributed by atoms with Crippen LogP contribution < -0.4 is 4.74 Å². The first-order valence-corrected chi connectivity index (χ1v) is 5.75. The van der Waals surface area contributed by atoms with Gasteiger partial charge in [0.1, 0.15) is 17.0 Å². The molecule has 3 nitrogen and oxygen atoms in total. The molecule has 0 N–H and O–H groups in total. The van der Waals surface area contributed by atoms with Crippen LogP contribution in [0.3, 0.4) is 0 Å². The van der Waals surface area contributed by atoms with E-state index in [-0.39, 0.29) is 5.15 Å². The quantitative estimate of drug-likeness (QED) is 0.774. The molecular weight excluding hydrogens is 248 g/mol. The maximum atomic E-state index is 8.89. The summed E-state index contributed by atoms with van der Waals surface area (Å²) in [6.45, 7) is 1.90. The zero-order valence-electron chi connectivity index (χ0n) is 10.1. The summed E-state index contributed by atoms with van der Waals surface area (Å²) >= 11 is 5.96. The number of nitrogens with zero attached hydrogens (tertiary/aromatic N) is 2. The van der Waals surface area contributed by atoms with Crippen LogP contribution in [0.25, 0.3) is 11.3 Å². The average Bonchev–Trinajstić information content (AvgIpc) is 2.41.